The highest BCUT2D eigenvalue weighted by atomic mass is 32.2. The maximum atomic E-state index is 5.50. The zero-order chi connectivity index (χ0) is 8.10. The van der Waals surface area contributed by atoms with Crippen molar-refractivity contribution in [2.45, 2.75) is 18.1 Å². The maximum Gasteiger partial charge on any atom is 0.0172 e. The second-order valence-corrected chi connectivity index (χ2v) is 4.23. The Morgan fingerprint density at radius 2 is 2.45 bits per heavy atom. The van der Waals surface area contributed by atoms with Crippen molar-refractivity contribution in [2.75, 3.05) is 32.4 Å². The van der Waals surface area contributed by atoms with Crippen LogP contribution in [-0.4, -0.2) is 42.6 Å². The molecule has 3 heteroatoms. The lowest BCUT2D eigenvalue weighted by Gasteiger charge is -2.31. The van der Waals surface area contributed by atoms with Gasteiger partial charge in [-0.1, -0.05) is 0 Å². The molecule has 1 unspecified atom stereocenters. The number of hydrogen-bond acceptors (Lipinski definition) is 3. The van der Waals surface area contributed by atoms with Crippen LogP contribution in [0.2, 0.25) is 0 Å². The van der Waals surface area contributed by atoms with Gasteiger partial charge in [-0.2, -0.15) is 11.8 Å². The normalized spacial score (nSPS) is 27.3. The van der Waals surface area contributed by atoms with Crippen molar-refractivity contribution in [1.29, 1.82) is 0 Å². The number of piperidine rings is 1. The Bertz CT molecular complexity index is 106. The molecular formula is C8H18N2S. The van der Waals surface area contributed by atoms with Crippen LogP contribution >= 0.6 is 11.8 Å². The standard InChI is InChI=1S/C8H18N2S/c1-11-8-3-2-5-10(7-8)6-4-9/h8H,2-7,9H2,1H3. The Labute approximate surface area is 73.5 Å². The first-order chi connectivity index (χ1) is 5.36. The van der Waals surface area contributed by atoms with Gasteiger partial charge in [0, 0.05) is 24.9 Å². The van der Waals surface area contributed by atoms with Crippen LogP contribution in [0.3, 0.4) is 0 Å². The van der Waals surface area contributed by atoms with E-state index in [4.69, 9.17) is 5.73 Å². The monoisotopic (exact) mass is 174 g/mol. The minimum atomic E-state index is 0.807. The summed E-state index contributed by atoms with van der Waals surface area (Å²) in [4.78, 5) is 2.48. The summed E-state index contributed by atoms with van der Waals surface area (Å²) in [6.07, 6.45) is 4.95. The van der Waals surface area contributed by atoms with Crippen molar-refractivity contribution in [3.63, 3.8) is 0 Å². The van der Waals surface area contributed by atoms with E-state index in [1.54, 1.807) is 0 Å². The Morgan fingerprint density at radius 3 is 3.09 bits per heavy atom. The Morgan fingerprint density at radius 1 is 1.64 bits per heavy atom. The Hall–Kier alpha value is 0.270. The van der Waals surface area contributed by atoms with Gasteiger partial charge in [-0.25, -0.2) is 0 Å². The lowest BCUT2D eigenvalue weighted by atomic mass is 10.1. The summed E-state index contributed by atoms with van der Waals surface area (Å²) in [5.74, 6) is 0. The van der Waals surface area contributed by atoms with Gasteiger partial charge in [0.2, 0.25) is 0 Å². The van der Waals surface area contributed by atoms with Crippen molar-refractivity contribution in [3.8, 4) is 0 Å². The van der Waals surface area contributed by atoms with Gasteiger partial charge in [0.05, 0.1) is 0 Å². The lowest BCUT2D eigenvalue weighted by Crippen LogP contribution is -2.39. The number of thioether (sulfide) groups is 1. The maximum absolute atomic E-state index is 5.50. The van der Waals surface area contributed by atoms with E-state index >= 15 is 0 Å². The molecule has 1 rings (SSSR count). The number of nitrogens with two attached hydrogens (primary N) is 1. The summed E-state index contributed by atoms with van der Waals surface area (Å²) in [7, 11) is 0. The molecule has 66 valence electrons. The molecule has 0 aromatic rings. The number of hydrogen-bond donors (Lipinski definition) is 1. The molecule has 0 bridgehead atoms. The molecule has 0 amide bonds. The molecule has 2 N–H and O–H groups in total. The highest BCUT2D eigenvalue weighted by molar-refractivity contribution is 7.99. The van der Waals surface area contributed by atoms with Gasteiger partial charge in [-0.05, 0) is 25.6 Å². The topological polar surface area (TPSA) is 29.3 Å². The molecule has 0 radical (unpaired) electrons. The largest absolute Gasteiger partial charge is 0.329 e. The molecule has 0 spiro atoms. The van der Waals surface area contributed by atoms with Gasteiger partial charge in [0.25, 0.3) is 0 Å². The van der Waals surface area contributed by atoms with E-state index in [1.165, 1.54) is 25.9 Å². The molecule has 1 aliphatic rings. The molecule has 0 aliphatic carbocycles. The molecule has 1 saturated heterocycles. The first-order valence-electron chi connectivity index (χ1n) is 4.32. The van der Waals surface area contributed by atoms with E-state index in [0.717, 1.165) is 18.3 Å². The molecule has 1 heterocycles. The molecule has 1 atom stereocenters. The van der Waals surface area contributed by atoms with E-state index < -0.39 is 0 Å². The lowest BCUT2D eigenvalue weighted by molar-refractivity contribution is 0.240. The predicted molar refractivity (Wildman–Crippen MR) is 52.0 cm³/mol. The van der Waals surface area contributed by atoms with Crippen molar-refractivity contribution in [3.05, 3.63) is 0 Å². The van der Waals surface area contributed by atoms with Gasteiger partial charge in [-0.15, -0.1) is 0 Å². The van der Waals surface area contributed by atoms with Crippen LogP contribution in [0, 0.1) is 0 Å². The van der Waals surface area contributed by atoms with Gasteiger partial charge < -0.3 is 10.6 Å². The highest BCUT2D eigenvalue weighted by Crippen LogP contribution is 2.19. The van der Waals surface area contributed by atoms with Gasteiger partial charge in [0.15, 0.2) is 0 Å². The van der Waals surface area contributed by atoms with Crippen molar-refractivity contribution >= 4 is 11.8 Å². The second kappa shape index (κ2) is 5.01. The van der Waals surface area contributed by atoms with Gasteiger partial charge in [0.1, 0.15) is 0 Å². The van der Waals surface area contributed by atoms with Crippen LogP contribution in [0.25, 0.3) is 0 Å². The predicted octanol–water partition coefficient (Wildman–Crippen LogP) is 0.773. The van der Waals surface area contributed by atoms with Crippen LogP contribution in [0.4, 0.5) is 0 Å². The Balaban J connectivity index is 2.21. The minimum absolute atomic E-state index is 0.807. The summed E-state index contributed by atoms with van der Waals surface area (Å²) < 4.78 is 0. The van der Waals surface area contributed by atoms with E-state index in [-0.39, 0.29) is 0 Å². The summed E-state index contributed by atoms with van der Waals surface area (Å²) in [5, 5.41) is 0.857. The van der Waals surface area contributed by atoms with E-state index in [1.807, 2.05) is 11.8 Å². The van der Waals surface area contributed by atoms with Crippen molar-refractivity contribution in [2.24, 2.45) is 5.73 Å². The zero-order valence-corrected chi connectivity index (χ0v) is 8.07. The van der Waals surface area contributed by atoms with Gasteiger partial charge >= 0.3 is 0 Å². The summed E-state index contributed by atoms with van der Waals surface area (Å²) in [6, 6.07) is 0. The van der Waals surface area contributed by atoms with Crippen LogP contribution in [-0.2, 0) is 0 Å². The fraction of sp³-hybridized carbons (Fsp3) is 1.00. The zero-order valence-electron chi connectivity index (χ0n) is 7.25. The average Bonchev–Trinajstić information content (AvgIpc) is 2.06. The Kier molecular flexibility index (Phi) is 4.26. The summed E-state index contributed by atoms with van der Waals surface area (Å²) in [5.41, 5.74) is 5.50. The molecule has 1 fully saturated rings. The average molecular weight is 174 g/mol. The number of nitrogens with zero attached hydrogens (tertiary/aromatic N) is 1. The van der Waals surface area contributed by atoms with Crippen LogP contribution in [0.1, 0.15) is 12.8 Å². The van der Waals surface area contributed by atoms with Crippen molar-refractivity contribution in [1.82, 2.24) is 4.90 Å². The first kappa shape index (κ1) is 9.36. The molecular weight excluding hydrogens is 156 g/mol. The SMILES string of the molecule is CSC1CCCN(CCN)C1. The number of rotatable bonds is 3. The van der Waals surface area contributed by atoms with Crippen LogP contribution in [0.15, 0.2) is 0 Å². The van der Waals surface area contributed by atoms with E-state index in [2.05, 4.69) is 11.2 Å². The van der Waals surface area contributed by atoms with E-state index in [9.17, 15) is 0 Å². The molecule has 11 heavy (non-hydrogen) atoms. The van der Waals surface area contributed by atoms with Crippen molar-refractivity contribution < 1.29 is 0 Å². The van der Waals surface area contributed by atoms with E-state index in [0.29, 0.717) is 0 Å². The quantitative estimate of drug-likeness (QED) is 0.685. The highest BCUT2D eigenvalue weighted by Gasteiger charge is 2.17. The number of likely N-dealkylation sites (tertiary alicyclic amines) is 1. The second-order valence-electron chi connectivity index (χ2n) is 3.09. The van der Waals surface area contributed by atoms with Gasteiger partial charge in [-0.3, -0.25) is 0 Å². The first-order valence-corrected chi connectivity index (χ1v) is 5.61. The molecule has 2 nitrogen and oxygen atoms in total. The van der Waals surface area contributed by atoms with Crippen LogP contribution < -0.4 is 5.73 Å². The minimum Gasteiger partial charge on any atom is -0.329 e. The third-order valence-corrected chi connectivity index (χ3v) is 3.29. The fourth-order valence-corrected chi connectivity index (χ4v) is 2.35. The fourth-order valence-electron chi connectivity index (χ4n) is 1.59. The third kappa shape index (κ3) is 3.01. The van der Waals surface area contributed by atoms with Crippen LogP contribution in [0.5, 0.6) is 0 Å². The smallest absolute Gasteiger partial charge is 0.0172 e. The third-order valence-electron chi connectivity index (χ3n) is 2.24. The molecule has 1 aliphatic heterocycles. The molecule has 0 aromatic heterocycles. The molecule has 0 aromatic carbocycles. The summed E-state index contributed by atoms with van der Waals surface area (Å²) >= 11 is 1.99. The molecule has 0 saturated carbocycles. The summed E-state index contributed by atoms with van der Waals surface area (Å²) in [6.45, 7) is 4.39.